The van der Waals surface area contributed by atoms with Crippen LogP contribution in [0.2, 0.25) is 0 Å². The number of hydrogen-bond acceptors (Lipinski definition) is 7. The maximum atomic E-state index is 13.4. The lowest BCUT2D eigenvalue weighted by Gasteiger charge is -2.58. The van der Waals surface area contributed by atoms with Crippen LogP contribution < -0.4 is 0 Å². The number of carboxylic acids is 1. The second-order valence-corrected chi connectivity index (χ2v) is 13.0. The number of hydrogen-bond donors (Lipinski definition) is 2. The predicted octanol–water partition coefficient (Wildman–Crippen LogP) is 3.22. The highest BCUT2D eigenvalue weighted by molar-refractivity contribution is 5.92. The largest absolute Gasteiger partial charge is 0.480 e. The van der Waals surface area contributed by atoms with Gasteiger partial charge in [-0.2, -0.15) is 0 Å². The fraction of sp³-hybridized carbons (Fsp3) is 0.767. The first-order chi connectivity index (χ1) is 18.4. The Bertz CT molecular complexity index is 1110. The Morgan fingerprint density at radius 3 is 2.49 bits per heavy atom. The number of likely N-dealkylation sites (tertiary alicyclic amines) is 1. The van der Waals surface area contributed by atoms with Gasteiger partial charge in [-0.1, -0.05) is 19.4 Å². The third-order valence-corrected chi connectivity index (χ3v) is 11.3. The van der Waals surface area contributed by atoms with Gasteiger partial charge in [-0.05, 0) is 87.0 Å². The molecule has 0 unspecified atom stereocenters. The zero-order chi connectivity index (χ0) is 28.2. The number of rotatable bonds is 7. The number of ketones is 2. The number of allylic oxidation sites excluding steroid dienone is 1. The van der Waals surface area contributed by atoms with Crippen LogP contribution >= 0.6 is 0 Å². The van der Waals surface area contributed by atoms with E-state index >= 15 is 0 Å². The maximum absolute atomic E-state index is 13.4. The summed E-state index contributed by atoms with van der Waals surface area (Å²) in [6.07, 6.45) is 8.48. The van der Waals surface area contributed by atoms with Crippen LogP contribution in [0.4, 0.5) is 0 Å². The second kappa shape index (κ2) is 10.1. The summed E-state index contributed by atoms with van der Waals surface area (Å²) < 4.78 is 5.22. The second-order valence-electron chi connectivity index (χ2n) is 13.0. The number of ether oxygens (including phenoxy) is 1. The van der Waals surface area contributed by atoms with Crippen molar-refractivity contribution in [3.8, 4) is 0 Å². The van der Waals surface area contributed by atoms with Crippen LogP contribution in [-0.2, 0) is 28.7 Å². The molecule has 7 atom stereocenters. The number of nitrogens with zero attached hydrogens (tertiary/aromatic N) is 1. The van der Waals surface area contributed by atoms with Crippen LogP contribution in [0.15, 0.2) is 11.6 Å². The van der Waals surface area contributed by atoms with Gasteiger partial charge in [0, 0.05) is 24.8 Å². The van der Waals surface area contributed by atoms with Gasteiger partial charge in [0.1, 0.15) is 11.6 Å². The normalized spacial score (nSPS) is 39.3. The lowest BCUT2D eigenvalue weighted by atomic mass is 9.46. The molecule has 1 heterocycles. The van der Waals surface area contributed by atoms with E-state index in [1.165, 1.54) is 10.5 Å². The lowest BCUT2D eigenvalue weighted by Crippen LogP contribution is -2.58. The van der Waals surface area contributed by atoms with E-state index in [0.29, 0.717) is 50.5 Å². The summed E-state index contributed by atoms with van der Waals surface area (Å²) in [4.78, 5) is 62.9. The third kappa shape index (κ3) is 4.54. The molecule has 5 rings (SSSR count). The number of carboxylic acid groups (broad SMARTS) is 1. The molecular formula is C30H41NO8. The summed E-state index contributed by atoms with van der Waals surface area (Å²) in [7, 11) is 0. The Hall–Kier alpha value is -2.55. The number of aliphatic hydroxyl groups is 1. The van der Waals surface area contributed by atoms with E-state index in [2.05, 4.69) is 6.92 Å². The minimum Gasteiger partial charge on any atom is -0.480 e. The molecule has 1 amide bonds. The summed E-state index contributed by atoms with van der Waals surface area (Å²) in [6, 6.07) is -0.856. The average molecular weight is 544 g/mol. The van der Waals surface area contributed by atoms with Crippen LogP contribution in [0.1, 0.15) is 90.9 Å². The summed E-state index contributed by atoms with van der Waals surface area (Å²) >= 11 is 0. The Balaban J connectivity index is 1.18. The van der Waals surface area contributed by atoms with Gasteiger partial charge in [-0.3, -0.25) is 19.2 Å². The molecule has 0 radical (unpaired) electrons. The molecule has 1 aliphatic heterocycles. The number of carbonyl (C=O) groups is 5. The number of Topliss-reactive ketones (excluding diaryl/α,β-unsaturated/α-hetero) is 1. The monoisotopic (exact) mass is 543 g/mol. The molecule has 4 aliphatic carbocycles. The number of esters is 1. The highest BCUT2D eigenvalue weighted by Crippen LogP contribution is 2.67. The van der Waals surface area contributed by atoms with E-state index in [1.807, 2.05) is 13.0 Å². The van der Waals surface area contributed by atoms with Crippen LogP contribution in [0.3, 0.4) is 0 Å². The van der Waals surface area contributed by atoms with Gasteiger partial charge >= 0.3 is 11.9 Å². The molecule has 0 aromatic heterocycles. The quantitative estimate of drug-likeness (QED) is 0.467. The molecule has 1 saturated heterocycles. The van der Waals surface area contributed by atoms with Gasteiger partial charge in [0.25, 0.3) is 0 Å². The first-order valence-corrected chi connectivity index (χ1v) is 14.6. The van der Waals surface area contributed by atoms with Crippen LogP contribution in [0, 0.1) is 28.6 Å². The number of aliphatic carboxylic acids is 1. The molecule has 5 aliphatic rings. The van der Waals surface area contributed by atoms with Crippen LogP contribution in [-0.4, -0.2) is 69.3 Å². The standard InChI is InChI=1S/C30H41NO8/c1-28-12-9-19(32)16-18(28)5-6-20-21(28)10-13-29(2)22(20)11-14-30(29,38)24(33)17-39-26(35)8-7-25(34)31-15-3-4-23(31)27(36)37/h16,20-23,38H,3-15,17H2,1-2H3,(H,36,37)/t20-,21+,22+,23-,28-,29-,30-/m0/s1. The van der Waals surface area contributed by atoms with E-state index in [-0.39, 0.29) is 30.0 Å². The Kier molecular flexibility index (Phi) is 7.27. The number of amides is 1. The number of carbonyl (C=O) groups excluding carboxylic acids is 4. The molecule has 2 N–H and O–H groups in total. The zero-order valence-corrected chi connectivity index (χ0v) is 23.1. The minimum absolute atomic E-state index is 0.00931. The lowest BCUT2D eigenvalue weighted by molar-refractivity contribution is -0.170. The maximum Gasteiger partial charge on any atom is 0.326 e. The summed E-state index contributed by atoms with van der Waals surface area (Å²) in [5, 5.41) is 21.0. The van der Waals surface area contributed by atoms with Crippen molar-refractivity contribution in [2.45, 2.75) is 103 Å². The van der Waals surface area contributed by atoms with Crippen molar-refractivity contribution in [1.82, 2.24) is 4.90 Å². The molecule has 214 valence electrons. The van der Waals surface area contributed by atoms with Crippen molar-refractivity contribution in [1.29, 1.82) is 0 Å². The van der Waals surface area contributed by atoms with Crippen LogP contribution in [0.25, 0.3) is 0 Å². The fourth-order valence-corrected chi connectivity index (χ4v) is 9.05. The van der Waals surface area contributed by atoms with Crippen molar-refractivity contribution in [3.63, 3.8) is 0 Å². The molecule has 39 heavy (non-hydrogen) atoms. The van der Waals surface area contributed by atoms with E-state index in [9.17, 15) is 34.2 Å². The van der Waals surface area contributed by atoms with Gasteiger partial charge in [0.05, 0.1) is 6.42 Å². The molecule has 0 aromatic rings. The summed E-state index contributed by atoms with van der Waals surface area (Å²) in [5.41, 5.74) is -0.878. The van der Waals surface area contributed by atoms with E-state index in [0.717, 1.165) is 32.1 Å². The van der Waals surface area contributed by atoms with Gasteiger partial charge in [-0.15, -0.1) is 0 Å². The Morgan fingerprint density at radius 2 is 1.74 bits per heavy atom. The van der Waals surface area contributed by atoms with Crippen molar-refractivity contribution in [3.05, 3.63) is 11.6 Å². The topological polar surface area (TPSA) is 138 Å². The van der Waals surface area contributed by atoms with Crippen molar-refractivity contribution < 1.29 is 38.9 Å². The first kappa shape index (κ1) is 28.0. The molecule has 4 fully saturated rings. The highest BCUT2D eigenvalue weighted by Gasteiger charge is 2.66. The molecule has 0 spiro atoms. The smallest absolute Gasteiger partial charge is 0.326 e. The molecule has 9 heteroatoms. The van der Waals surface area contributed by atoms with Crippen molar-refractivity contribution in [2.75, 3.05) is 13.2 Å². The average Bonchev–Trinajstić information content (AvgIpc) is 3.50. The first-order valence-electron chi connectivity index (χ1n) is 14.6. The van der Waals surface area contributed by atoms with E-state index in [4.69, 9.17) is 4.74 Å². The van der Waals surface area contributed by atoms with Crippen molar-refractivity contribution in [2.24, 2.45) is 28.6 Å². The van der Waals surface area contributed by atoms with E-state index < -0.39 is 47.3 Å². The predicted molar refractivity (Wildman–Crippen MR) is 139 cm³/mol. The fourth-order valence-electron chi connectivity index (χ4n) is 9.05. The van der Waals surface area contributed by atoms with Gasteiger partial charge < -0.3 is 19.8 Å². The van der Waals surface area contributed by atoms with Gasteiger partial charge in [0.2, 0.25) is 11.7 Å². The molecule has 3 saturated carbocycles. The van der Waals surface area contributed by atoms with Gasteiger partial charge in [0.15, 0.2) is 12.4 Å². The minimum atomic E-state index is -1.57. The molecular weight excluding hydrogens is 502 g/mol. The molecule has 9 nitrogen and oxygen atoms in total. The highest BCUT2D eigenvalue weighted by atomic mass is 16.5. The summed E-state index contributed by atoms with van der Waals surface area (Å²) in [5.74, 6) is -1.41. The SMILES string of the molecule is C[C@]12CCC(=O)C=C1CC[C@H]1[C@H]2CC[C@@]2(C)[C@@H]1CC[C@]2(O)C(=O)COC(=O)CCC(=O)N1CCC[C@H]1C(=O)O. The van der Waals surface area contributed by atoms with E-state index in [1.54, 1.807) is 0 Å². The third-order valence-electron chi connectivity index (χ3n) is 11.3. The Labute approximate surface area is 229 Å². The van der Waals surface area contributed by atoms with Crippen LogP contribution in [0.5, 0.6) is 0 Å². The number of fused-ring (bicyclic) bond motifs is 5. The van der Waals surface area contributed by atoms with Gasteiger partial charge in [-0.25, -0.2) is 4.79 Å². The molecule has 0 aromatic carbocycles. The summed E-state index contributed by atoms with van der Waals surface area (Å²) in [6.45, 7) is 4.14. The molecule has 0 bridgehead atoms. The Morgan fingerprint density at radius 1 is 1.00 bits per heavy atom. The zero-order valence-electron chi connectivity index (χ0n) is 23.1. The van der Waals surface area contributed by atoms with Crippen molar-refractivity contribution >= 4 is 29.4 Å².